The number of hydrogen-bond donors (Lipinski definition) is 1. The van der Waals surface area contributed by atoms with Crippen molar-refractivity contribution in [3.05, 3.63) is 44.2 Å². The Hall–Kier alpha value is -1.37. The summed E-state index contributed by atoms with van der Waals surface area (Å²) >= 11 is 3.40. The fourth-order valence-electron chi connectivity index (χ4n) is 2.54. The Kier molecular flexibility index (Phi) is 7.65. The van der Waals surface area contributed by atoms with Crippen LogP contribution in [-0.2, 0) is 0 Å². The Bertz CT molecular complexity index is 820. The number of aryl methyl sites for hydroxylation is 1. The maximum atomic E-state index is 12.7. The van der Waals surface area contributed by atoms with Crippen LogP contribution in [0.25, 0.3) is 11.0 Å². The zero-order valence-corrected chi connectivity index (χ0v) is 17.2. The van der Waals surface area contributed by atoms with Gasteiger partial charge in [0.25, 0.3) is 5.91 Å². The third kappa shape index (κ3) is 4.84. The van der Waals surface area contributed by atoms with E-state index in [1.165, 1.54) is 4.90 Å². The first-order valence-corrected chi connectivity index (χ1v) is 8.75. The van der Waals surface area contributed by atoms with Crippen LogP contribution in [0.15, 0.2) is 31.9 Å². The minimum absolute atomic E-state index is 0. The van der Waals surface area contributed by atoms with Gasteiger partial charge < -0.3 is 15.1 Å². The van der Waals surface area contributed by atoms with E-state index in [1.54, 1.807) is 26.1 Å². The lowest BCUT2D eigenvalue weighted by Gasteiger charge is -2.22. The Morgan fingerprint density at radius 2 is 2.00 bits per heavy atom. The molecule has 1 heterocycles. The minimum Gasteiger partial charge on any atom is -0.422 e. The summed E-state index contributed by atoms with van der Waals surface area (Å²) in [5, 5.41) is 0.750. The number of carbonyl (C=O) groups is 1. The van der Waals surface area contributed by atoms with Crippen LogP contribution in [0.4, 0.5) is 0 Å². The second kappa shape index (κ2) is 8.83. The van der Waals surface area contributed by atoms with Crippen molar-refractivity contribution >= 4 is 45.2 Å². The first-order valence-electron chi connectivity index (χ1n) is 7.96. The Morgan fingerprint density at radius 1 is 1.36 bits per heavy atom. The zero-order valence-electron chi connectivity index (χ0n) is 14.8. The molecule has 1 amide bonds. The second-order valence-electron chi connectivity index (χ2n) is 6.45. The molecule has 0 aliphatic heterocycles. The van der Waals surface area contributed by atoms with E-state index in [2.05, 4.69) is 15.9 Å². The summed E-state index contributed by atoms with van der Waals surface area (Å²) in [7, 11) is 1.68. The van der Waals surface area contributed by atoms with Gasteiger partial charge in [0.2, 0.25) is 0 Å². The summed E-state index contributed by atoms with van der Waals surface area (Å²) in [5.74, 6) is 0.0115. The van der Waals surface area contributed by atoms with Gasteiger partial charge in [0.05, 0.1) is 0 Å². The van der Waals surface area contributed by atoms with Crippen LogP contribution in [0.5, 0.6) is 0 Å². The van der Waals surface area contributed by atoms with E-state index in [0.717, 1.165) is 9.86 Å². The molecular formula is C18H24BrClN2O3. The Labute approximate surface area is 162 Å². The molecule has 0 bridgehead atoms. The van der Waals surface area contributed by atoms with Crippen LogP contribution in [-0.4, -0.2) is 30.4 Å². The van der Waals surface area contributed by atoms with Crippen LogP contribution >= 0.6 is 28.3 Å². The van der Waals surface area contributed by atoms with Crippen LogP contribution in [0.1, 0.15) is 36.2 Å². The number of carbonyl (C=O) groups excluding carboxylic acids is 1. The van der Waals surface area contributed by atoms with Gasteiger partial charge in [-0.05, 0) is 43.0 Å². The number of fused-ring (bicyclic) bond motifs is 1. The highest BCUT2D eigenvalue weighted by Crippen LogP contribution is 2.24. The number of benzene rings is 1. The van der Waals surface area contributed by atoms with Crippen molar-refractivity contribution in [3.63, 3.8) is 0 Å². The summed E-state index contributed by atoms with van der Waals surface area (Å²) in [6.07, 6.45) is 0.684. The van der Waals surface area contributed by atoms with Gasteiger partial charge in [-0.1, -0.05) is 29.8 Å². The van der Waals surface area contributed by atoms with Gasteiger partial charge >= 0.3 is 5.63 Å². The molecule has 0 saturated heterocycles. The maximum absolute atomic E-state index is 12.7. The van der Waals surface area contributed by atoms with Crippen LogP contribution in [0.2, 0.25) is 0 Å². The molecule has 2 N–H and O–H groups in total. The number of hydrogen-bond acceptors (Lipinski definition) is 4. The van der Waals surface area contributed by atoms with Crippen molar-refractivity contribution in [1.29, 1.82) is 0 Å². The molecule has 138 valence electrons. The SMILES string of the molecule is Cc1c(C(=O)N(C)CCC(N)C(C)C)c(=O)oc2ccc(Br)cc12.Cl. The Morgan fingerprint density at radius 3 is 2.60 bits per heavy atom. The van der Waals surface area contributed by atoms with Gasteiger partial charge in [-0.3, -0.25) is 4.79 Å². The van der Waals surface area contributed by atoms with Gasteiger partial charge in [-0.2, -0.15) is 0 Å². The van der Waals surface area contributed by atoms with Gasteiger partial charge in [-0.25, -0.2) is 4.79 Å². The lowest BCUT2D eigenvalue weighted by Crippen LogP contribution is -2.36. The third-order valence-electron chi connectivity index (χ3n) is 4.34. The molecule has 7 heteroatoms. The molecule has 0 saturated carbocycles. The lowest BCUT2D eigenvalue weighted by atomic mass is 10.0. The van der Waals surface area contributed by atoms with Crippen LogP contribution in [0.3, 0.4) is 0 Å². The molecule has 1 aromatic heterocycles. The normalized spacial score (nSPS) is 12.1. The molecule has 2 aromatic rings. The van der Waals surface area contributed by atoms with Gasteiger partial charge in [0, 0.05) is 29.5 Å². The van der Waals surface area contributed by atoms with Crippen LogP contribution < -0.4 is 11.4 Å². The summed E-state index contributed by atoms with van der Waals surface area (Å²) in [6.45, 7) is 6.36. The summed E-state index contributed by atoms with van der Waals surface area (Å²) < 4.78 is 6.18. The van der Waals surface area contributed by atoms with Crippen molar-refractivity contribution in [2.75, 3.05) is 13.6 Å². The van der Waals surface area contributed by atoms with E-state index in [0.29, 0.717) is 30.0 Å². The third-order valence-corrected chi connectivity index (χ3v) is 4.84. The number of amides is 1. The predicted octanol–water partition coefficient (Wildman–Crippen LogP) is 3.73. The number of halogens is 2. The molecule has 5 nitrogen and oxygen atoms in total. The molecule has 1 atom stereocenters. The number of nitrogens with zero attached hydrogens (tertiary/aromatic N) is 1. The quantitative estimate of drug-likeness (QED) is 0.732. The largest absolute Gasteiger partial charge is 0.422 e. The van der Waals surface area contributed by atoms with E-state index in [-0.39, 0.29) is 29.9 Å². The first-order chi connectivity index (χ1) is 11.2. The fraction of sp³-hybridized carbons (Fsp3) is 0.444. The summed E-state index contributed by atoms with van der Waals surface area (Å²) in [4.78, 5) is 26.5. The van der Waals surface area contributed by atoms with E-state index in [9.17, 15) is 9.59 Å². The molecule has 1 aromatic carbocycles. The molecule has 0 fully saturated rings. The van der Waals surface area contributed by atoms with Crippen molar-refractivity contribution < 1.29 is 9.21 Å². The monoisotopic (exact) mass is 430 g/mol. The maximum Gasteiger partial charge on any atom is 0.349 e. The van der Waals surface area contributed by atoms with Crippen LogP contribution in [0, 0.1) is 12.8 Å². The van der Waals surface area contributed by atoms with Crippen molar-refractivity contribution in [3.8, 4) is 0 Å². The number of rotatable bonds is 5. The molecule has 0 aliphatic rings. The van der Waals surface area contributed by atoms with Crippen molar-refractivity contribution in [2.24, 2.45) is 11.7 Å². The predicted molar refractivity (Wildman–Crippen MR) is 107 cm³/mol. The average Bonchev–Trinajstić information content (AvgIpc) is 2.52. The molecular weight excluding hydrogens is 408 g/mol. The van der Waals surface area contributed by atoms with E-state index >= 15 is 0 Å². The highest BCUT2D eigenvalue weighted by Gasteiger charge is 2.22. The molecule has 25 heavy (non-hydrogen) atoms. The van der Waals surface area contributed by atoms with Crippen molar-refractivity contribution in [2.45, 2.75) is 33.2 Å². The highest BCUT2D eigenvalue weighted by molar-refractivity contribution is 9.10. The number of nitrogens with two attached hydrogens (primary N) is 1. The highest BCUT2D eigenvalue weighted by atomic mass is 79.9. The lowest BCUT2D eigenvalue weighted by molar-refractivity contribution is 0.0784. The first kappa shape index (κ1) is 21.7. The fourth-order valence-corrected chi connectivity index (χ4v) is 2.90. The standard InChI is InChI=1S/C18H23BrN2O3.ClH/c1-10(2)14(20)7-8-21(4)17(22)16-11(3)13-9-12(19)5-6-15(13)24-18(16)23;/h5-6,9-10,14H,7-8,20H2,1-4H3;1H. The van der Waals surface area contributed by atoms with E-state index in [4.69, 9.17) is 10.2 Å². The molecule has 0 radical (unpaired) electrons. The summed E-state index contributed by atoms with van der Waals surface area (Å²) in [6, 6.07) is 5.38. The second-order valence-corrected chi connectivity index (χ2v) is 7.37. The molecule has 1 unspecified atom stereocenters. The van der Waals surface area contributed by atoms with E-state index in [1.807, 2.05) is 19.9 Å². The van der Waals surface area contributed by atoms with Gasteiger partial charge in [0.1, 0.15) is 11.1 Å². The molecule has 0 spiro atoms. The molecule has 2 rings (SSSR count). The zero-order chi connectivity index (χ0) is 18.0. The Balaban J connectivity index is 0.00000312. The van der Waals surface area contributed by atoms with Crippen molar-refractivity contribution in [1.82, 2.24) is 4.90 Å². The van der Waals surface area contributed by atoms with Gasteiger partial charge in [-0.15, -0.1) is 12.4 Å². The minimum atomic E-state index is -0.604. The van der Waals surface area contributed by atoms with Gasteiger partial charge in [0.15, 0.2) is 0 Å². The topological polar surface area (TPSA) is 76.5 Å². The smallest absolute Gasteiger partial charge is 0.349 e. The average molecular weight is 432 g/mol. The summed E-state index contributed by atoms with van der Waals surface area (Å²) in [5.41, 5.74) is 6.62. The van der Waals surface area contributed by atoms with E-state index < -0.39 is 5.63 Å². The molecule has 0 aliphatic carbocycles.